The van der Waals surface area contributed by atoms with E-state index in [9.17, 15) is 0 Å². The topological polar surface area (TPSA) is 45.0 Å². The number of halogens is 1. The summed E-state index contributed by atoms with van der Waals surface area (Å²) < 4.78 is 6.29. The van der Waals surface area contributed by atoms with Crippen LogP contribution in [0.5, 0.6) is 0 Å². The Hall–Kier alpha value is -0.410. The molecule has 0 bridgehead atoms. The molecule has 18 heavy (non-hydrogen) atoms. The second-order valence-electron chi connectivity index (χ2n) is 5.48. The molecule has 0 saturated carbocycles. The molecule has 0 spiro atoms. The average molecular weight is 329 g/mol. The largest absolute Gasteiger partial charge is 0.378 e. The van der Waals surface area contributed by atoms with E-state index in [1.165, 1.54) is 4.88 Å². The number of ether oxygens (including phenoxy) is 1. The van der Waals surface area contributed by atoms with Gasteiger partial charge >= 0.3 is 0 Å². The minimum atomic E-state index is -0.299. The zero-order valence-electron chi connectivity index (χ0n) is 10.6. The Morgan fingerprint density at radius 3 is 2.72 bits per heavy atom. The Labute approximate surface area is 120 Å². The van der Waals surface area contributed by atoms with Crippen LogP contribution in [-0.2, 0) is 10.2 Å². The molecule has 1 aromatic rings. The highest BCUT2D eigenvalue weighted by Crippen LogP contribution is 2.32. The van der Waals surface area contributed by atoms with Gasteiger partial charge in [0.25, 0.3) is 0 Å². The van der Waals surface area contributed by atoms with E-state index in [1.54, 1.807) is 11.3 Å². The summed E-state index contributed by atoms with van der Waals surface area (Å²) in [5.74, 6) is 0. The van der Waals surface area contributed by atoms with E-state index in [1.807, 2.05) is 0 Å². The molecule has 2 rings (SSSR count). The molecule has 0 atom stereocenters. The maximum atomic E-state index is 9.11. The molecule has 3 nitrogen and oxygen atoms in total. The molecule has 0 amide bonds. The van der Waals surface area contributed by atoms with Crippen LogP contribution in [0.4, 0.5) is 0 Å². The van der Waals surface area contributed by atoms with Gasteiger partial charge in [0.2, 0.25) is 0 Å². The first-order valence-electron chi connectivity index (χ1n) is 5.93. The van der Waals surface area contributed by atoms with Crippen molar-refractivity contribution in [2.75, 3.05) is 26.3 Å². The van der Waals surface area contributed by atoms with Gasteiger partial charge in [-0.1, -0.05) is 13.8 Å². The molecule has 0 unspecified atom stereocenters. The Balaban J connectivity index is 1.88. The van der Waals surface area contributed by atoms with E-state index < -0.39 is 0 Å². The zero-order chi connectivity index (χ0) is 13.2. The van der Waals surface area contributed by atoms with Crippen molar-refractivity contribution in [3.05, 3.63) is 20.8 Å². The van der Waals surface area contributed by atoms with Crippen molar-refractivity contribution in [2.24, 2.45) is 5.41 Å². The van der Waals surface area contributed by atoms with Crippen molar-refractivity contribution in [1.82, 2.24) is 5.32 Å². The van der Waals surface area contributed by atoms with Crippen molar-refractivity contribution in [3.8, 4) is 6.07 Å². The van der Waals surface area contributed by atoms with Gasteiger partial charge in [-0.15, -0.1) is 11.3 Å². The second-order valence-corrected chi connectivity index (χ2v) is 7.94. The normalized spacial score (nSPS) is 18.1. The minimum absolute atomic E-state index is 0.0813. The predicted molar refractivity (Wildman–Crippen MR) is 76.8 cm³/mol. The fraction of sp³-hybridized carbons (Fsp3) is 0.615. The Morgan fingerprint density at radius 1 is 1.56 bits per heavy atom. The van der Waals surface area contributed by atoms with E-state index in [4.69, 9.17) is 10.00 Å². The van der Waals surface area contributed by atoms with Crippen molar-refractivity contribution in [1.29, 1.82) is 5.26 Å². The molecule has 1 saturated heterocycles. The number of rotatable bonds is 5. The van der Waals surface area contributed by atoms with Gasteiger partial charge in [0.05, 0.1) is 23.1 Å². The number of nitriles is 1. The molecule has 98 valence electrons. The molecule has 1 aliphatic heterocycles. The lowest BCUT2D eigenvalue weighted by Gasteiger charge is -2.36. The van der Waals surface area contributed by atoms with Gasteiger partial charge in [-0.05, 0) is 28.1 Å². The summed E-state index contributed by atoms with van der Waals surface area (Å²) in [6.45, 7) is 7.12. The molecule has 0 aromatic carbocycles. The standard InChI is InChI=1S/C13H17BrN2OS/c1-12(2,10-3-4-11(14)18-10)6-16-7-13(5-15)8-17-9-13/h3-4,16H,6-9H2,1-2H3. The summed E-state index contributed by atoms with van der Waals surface area (Å²) in [7, 11) is 0. The highest BCUT2D eigenvalue weighted by molar-refractivity contribution is 9.11. The van der Waals surface area contributed by atoms with Crippen LogP contribution in [-0.4, -0.2) is 26.3 Å². The predicted octanol–water partition coefficient (Wildman–Crippen LogP) is 2.92. The summed E-state index contributed by atoms with van der Waals surface area (Å²) in [5.41, 5.74) is -0.218. The van der Waals surface area contributed by atoms with Crippen LogP contribution in [0.15, 0.2) is 15.9 Å². The van der Waals surface area contributed by atoms with Crippen LogP contribution < -0.4 is 5.32 Å². The third kappa shape index (κ3) is 2.94. The van der Waals surface area contributed by atoms with E-state index in [-0.39, 0.29) is 10.8 Å². The van der Waals surface area contributed by atoms with Gasteiger partial charge in [0, 0.05) is 23.4 Å². The second kappa shape index (κ2) is 5.30. The number of thiophene rings is 1. The zero-order valence-corrected chi connectivity index (χ0v) is 13.0. The highest BCUT2D eigenvalue weighted by atomic mass is 79.9. The number of nitrogens with zero attached hydrogens (tertiary/aromatic N) is 1. The Kier molecular flexibility index (Phi) is 4.12. The lowest BCUT2D eigenvalue weighted by molar-refractivity contribution is -0.0756. The lowest BCUT2D eigenvalue weighted by atomic mass is 9.86. The summed E-state index contributed by atoms with van der Waals surface area (Å²) in [5, 5.41) is 12.5. The van der Waals surface area contributed by atoms with Gasteiger partial charge < -0.3 is 10.1 Å². The van der Waals surface area contributed by atoms with Crippen LogP contribution >= 0.6 is 27.3 Å². The quantitative estimate of drug-likeness (QED) is 0.903. The summed E-state index contributed by atoms with van der Waals surface area (Å²) in [6.07, 6.45) is 0. The monoisotopic (exact) mass is 328 g/mol. The van der Waals surface area contributed by atoms with Gasteiger partial charge in [0.1, 0.15) is 5.41 Å². The summed E-state index contributed by atoms with van der Waals surface area (Å²) in [4.78, 5) is 1.35. The van der Waals surface area contributed by atoms with Crippen molar-refractivity contribution >= 4 is 27.3 Å². The SMILES string of the molecule is CC(C)(CNCC1(C#N)COC1)c1ccc(Br)s1. The number of hydrogen-bond acceptors (Lipinski definition) is 4. The van der Waals surface area contributed by atoms with Gasteiger partial charge in [-0.25, -0.2) is 0 Å². The first-order valence-corrected chi connectivity index (χ1v) is 7.54. The minimum Gasteiger partial charge on any atom is -0.378 e. The van der Waals surface area contributed by atoms with Gasteiger partial charge in [0.15, 0.2) is 0 Å². The Morgan fingerprint density at radius 2 is 2.28 bits per heavy atom. The van der Waals surface area contributed by atoms with Crippen LogP contribution in [0.3, 0.4) is 0 Å². The smallest absolute Gasteiger partial charge is 0.116 e. The van der Waals surface area contributed by atoms with E-state index >= 15 is 0 Å². The van der Waals surface area contributed by atoms with Crippen LogP contribution in [0, 0.1) is 16.7 Å². The number of nitrogens with one attached hydrogen (secondary N) is 1. The van der Waals surface area contributed by atoms with E-state index in [0.29, 0.717) is 19.8 Å². The Bertz CT molecular complexity index is 460. The van der Waals surface area contributed by atoms with E-state index in [0.717, 1.165) is 10.3 Å². The molecular formula is C13H17BrN2OS. The molecule has 1 N–H and O–H groups in total. The molecule has 5 heteroatoms. The van der Waals surface area contributed by atoms with Crippen LogP contribution in [0.25, 0.3) is 0 Å². The third-order valence-corrected chi connectivity index (χ3v) is 5.25. The number of hydrogen-bond donors (Lipinski definition) is 1. The van der Waals surface area contributed by atoms with Gasteiger partial charge in [-0.3, -0.25) is 0 Å². The molecule has 1 aliphatic rings. The molecular weight excluding hydrogens is 312 g/mol. The molecule has 2 heterocycles. The van der Waals surface area contributed by atoms with Gasteiger partial charge in [-0.2, -0.15) is 5.26 Å². The fourth-order valence-electron chi connectivity index (χ4n) is 1.93. The lowest BCUT2D eigenvalue weighted by Crippen LogP contribution is -2.50. The van der Waals surface area contributed by atoms with Crippen molar-refractivity contribution in [2.45, 2.75) is 19.3 Å². The maximum absolute atomic E-state index is 9.11. The van der Waals surface area contributed by atoms with Crippen molar-refractivity contribution in [3.63, 3.8) is 0 Å². The fourth-order valence-corrected chi connectivity index (χ4v) is 3.42. The molecule has 0 radical (unpaired) electrons. The van der Waals surface area contributed by atoms with E-state index in [2.05, 4.69) is 53.3 Å². The summed E-state index contributed by atoms with van der Waals surface area (Å²) in [6, 6.07) is 6.59. The van der Waals surface area contributed by atoms with Crippen LogP contribution in [0.1, 0.15) is 18.7 Å². The van der Waals surface area contributed by atoms with Crippen molar-refractivity contribution < 1.29 is 4.74 Å². The molecule has 0 aliphatic carbocycles. The molecule has 1 aromatic heterocycles. The highest BCUT2D eigenvalue weighted by Gasteiger charge is 2.39. The average Bonchev–Trinajstić information content (AvgIpc) is 2.70. The first kappa shape index (κ1) is 14.0. The maximum Gasteiger partial charge on any atom is 0.116 e. The first-order chi connectivity index (χ1) is 8.47. The van der Waals surface area contributed by atoms with Crippen LogP contribution in [0.2, 0.25) is 0 Å². The molecule has 1 fully saturated rings. The summed E-state index contributed by atoms with van der Waals surface area (Å²) >= 11 is 5.26. The third-order valence-electron chi connectivity index (χ3n) is 3.26.